The predicted molar refractivity (Wildman–Crippen MR) is 76.9 cm³/mol. The van der Waals surface area contributed by atoms with Gasteiger partial charge in [-0.2, -0.15) is 0 Å². The minimum atomic E-state index is -0.653. The third-order valence-electron chi connectivity index (χ3n) is 4.60. The quantitative estimate of drug-likeness (QED) is 0.585. The molecule has 0 radical (unpaired) electrons. The summed E-state index contributed by atoms with van der Waals surface area (Å²) >= 11 is 3.45. The molecule has 0 heterocycles. The second-order valence-electron chi connectivity index (χ2n) is 5.73. The third kappa shape index (κ3) is 2.01. The Balaban J connectivity index is 2.29. The Bertz CT molecular complexity index is 413. The minimum absolute atomic E-state index is 0.259. The molecule has 0 amide bonds. The summed E-state index contributed by atoms with van der Waals surface area (Å²) in [4.78, 5) is 12.7. The van der Waals surface area contributed by atoms with Crippen molar-refractivity contribution in [2.75, 3.05) is 12.4 Å². The van der Waals surface area contributed by atoms with Gasteiger partial charge in [0.2, 0.25) is 0 Å². The average molecular weight is 313 g/mol. The second-order valence-corrected chi connectivity index (χ2v) is 6.29. The van der Waals surface area contributed by atoms with Crippen LogP contribution in [0.1, 0.15) is 33.1 Å². The van der Waals surface area contributed by atoms with Gasteiger partial charge in [-0.25, -0.2) is 0 Å². The fourth-order valence-corrected chi connectivity index (χ4v) is 3.37. The highest BCUT2D eigenvalue weighted by atomic mass is 79.9. The van der Waals surface area contributed by atoms with E-state index >= 15 is 0 Å². The maximum Gasteiger partial charge on any atom is 0.175 e. The Morgan fingerprint density at radius 1 is 1.67 bits per heavy atom. The summed E-state index contributed by atoms with van der Waals surface area (Å²) in [7, 11) is 1.65. The largest absolute Gasteiger partial charge is 0.366 e. The highest BCUT2D eigenvalue weighted by Gasteiger charge is 2.56. The zero-order valence-corrected chi connectivity index (χ0v) is 12.9. The summed E-state index contributed by atoms with van der Waals surface area (Å²) in [5.41, 5.74) is 0.326. The molecule has 18 heavy (non-hydrogen) atoms. The van der Waals surface area contributed by atoms with Crippen LogP contribution in [0, 0.1) is 11.3 Å². The number of halogens is 1. The van der Waals surface area contributed by atoms with Crippen molar-refractivity contribution in [3.8, 4) is 0 Å². The number of methoxy groups -OCH3 is 1. The van der Waals surface area contributed by atoms with Crippen LogP contribution in [0.5, 0.6) is 0 Å². The summed E-state index contributed by atoms with van der Waals surface area (Å²) in [5, 5.41) is 0.868. The molecule has 2 bridgehead atoms. The van der Waals surface area contributed by atoms with E-state index < -0.39 is 5.60 Å². The molecule has 0 aromatic rings. The van der Waals surface area contributed by atoms with Gasteiger partial charge >= 0.3 is 0 Å². The second kappa shape index (κ2) is 4.93. The van der Waals surface area contributed by atoms with E-state index in [1.807, 2.05) is 6.08 Å². The number of carbonyl (C=O) groups is 1. The molecule has 0 unspecified atom stereocenters. The van der Waals surface area contributed by atoms with Crippen LogP contribution in [0.2, 0.25) is 0 Å². The lowest BCUT2D eigenvalue weighted by molar-refractivity contribution is -0.156. The van der Waals surface area contributed by atoms with Crippen LogP contribution in [0.25, 0.3) is 0 Å². The first-order valence-corrected chi connectivity index (χ1v) is 7.62. The Kier molecular flexibility index (Phi) is 3.84. The van der Waals surface area contributed by atoms with Gasteiger partial charge in [0.05, 0.1) is 0 Å². The van der Waals surface area contributed by atoms with E-state index in [0.29, 0.717) is 5.92 Å². The molecule has 0 saturated heterocycles. The fourth-order valence-electron chi connectivity index (χ4n) is 3.14. The molecule has 3 aliphatic rings. The Morgan fingerprint density at radius 2 is 2.39 bits per heavy atom. The van der Waals surface area contributed by atoms with Gasteiger partial charge in [0.1, 0.15) is 5.60 Å². The minimum Gasteiger partial charge on any atom is -0.366 e. The van der Waals surface area contributed by atoms with Crippen molar-refractivity contribution in [3.05, 3.63) is 23.8 Å². The summed E-state index contributed by atoms with van der Waals surface area (Å²) in [5.74, 6) is 0.622. The number of carbonyl (C=O) groups excluding carboxylic acids is 1. The van der Waals surface area contributed by atoms with E-state index in [1.165, 1.54) is 5.57 Å². The van der Waals surface area contributed by atoms with Gasteiger partial charge in [-0.3, -0.25) is 4.79 Å². The van der Waals surface area contributed by atoms with E-state index in [-0.39, 0.29) is 11.2 Å². The first kappa shape index (κ1) is 14.0. The third-order valence-corrected chi connectivity index (χ3v) is 5.48. The highest BCUT2D eigenvalue weighted by Crippen LogP contribution is 2.51. The van der Waals surface area contributed by atoms with Crippen LogP contribution >= 0.6 is 15.9 Å². The monoisotopic (exact) mass is 312 g/mol. The molecule has 1 saturated carbocycles. The molecular weight excluding hydrogens is 292 g/mol. The molecule has 2 nitrogen and oxygen atoms in total. The van der Waals surface area contributed by atoms with Crippen molar-refractivity contribution in [1.29, 1.82) is 0 Å². The van der Waals surface area contributed by atoms with Crippen LogP contribution in [-0.2, 0) is 9.53 Å². The standard InChI is InChI=1S/C15H21BrO2/c1-11(10-16)4-7-14(2)12-5-8-15(18-3,9-6-12)13(14)17/h4-5,8,12H,6-7,9-10H2,1-3H3/b11-4+/t12-,14+,15+/m0/s1. The molecule has 100 valence electrons. The highest BCUT2D eigenvalue weighted by molar-refractivity contribution is 9.09. The first-order valence-electron chi connectivity index (χ1n) is 6.49. The Morgan fingerprint density at radius 3 is 2.89 bits per heavy atom. The number of rotatable bonds is 4. The topological polar surface area (TPSA) is 26.3 Å². The van der Waals surface area contributed by atoms with Crippen molar-refractivity contribution in [1.82, 2.24) is 0 Å². The van der Waals surface area contributed by atoms with Gasteiger partial charge < -0.3 is 4.74 Å². The van der Waals surface area contributed by atoms with Gasteiger partial charge in [-0.05, 0) is 38.2 Å². The summed E-state index contributed by atoms with van der Waals surface area (Å²) < 4.78 is 5.54. The molecule has 3 aliphatic carbocycles. The fraction of sp³-hybridized carbons (Fsp3) is 0.667. The molecule has 3 heteroatoms. The van der Waals surface area contributed by atoms with Crippen molar-refractivity contribution in [2.24, 2.45) is 11.3 Å². The molecular formula is C15H21BrO2. The van der Waals surface area contributed by atoms with Crippen LogP contribution < -0.4 is 0 Å². The van der Waals surface area contributed by atoms with Gasteiger partial charge in [-0.15, -0.1) is 0 Å². The number of fused-ring (bicyclic) bond motifs is 2. The zero-order valence-electron chi connectivity index (χ0n) is 11.3. The van der Waals surface area contributed by atoms with Crippen molar-refractivity contribution in [3.63, 3.8) is 0 Å². The molecule has 3 atom stereocenters. The van der Waals surface area contributed by atoms with Crippen LogP contribution in [-0.4, -0.2) is 23.8 Å². The molecule has 3 rings (SSSR count). The van der Waals surface area contributed by atoms with Crippen molar-refractivity contribution >= 4 is 21.7 Å². The Labute approximate surface area is 118 Å². The lowest BCUT2D eigenvalue weighted by Gasteiger charge is -2.50. The van der Waals surface area contributed by atoms with Crippen LogP contribution in [0.15, 0.2) is 23.8 Å². The SMILES string of the molecule is CO[C@]12C=C[C@@H](CC1)[C@@](C)(C/C=C(\C)CBr)C2=O. The lowest BCUT2D eigenvalue weighted by atomic mass is 9.56. The summed E-state index contributed by atoms with van der Waals surface area (Å²) in [6.07, 6.45) is 9.04. The van der Waals surface area contributed by atoms with E-state index in [0.717, 1.165) is 24.6 Å². The van der Waals surface area contributed by atoms with Gasteiger partial charge in [0, 0.05) is 17.9 Å². The smallest absolute Gasteiger partial charge is 0.175 e. The maximum absolute atomic E-state index is 12.7. The zero-order chi connectivity index (χ0) is 13.4. The Hall–Kier alpha value is -0.410. The molecule has 0 aromatic carbocycles. The van der Waals surface area contributed by atoms with Crippen molar-refractivity contribution in [2.45, 2.75) is 38.7 Å². The lowest BCUT2D eigenvalue weighted by Crippen LogP contribution is -2.57. The molecule has 0 aliphatic heterocycles. The summed E-state index contributed by atoms with van der Waals surface area (Å²) in [6, 6.07) is 0. The molecule has 0 aromatic heterocycles. The molecule has 0 spiro atoms. The van der Waals surface area contributed by atoms with Gasteiger partial charge in [0.25, 0.3) is 0 Å². The molecule has 0 N–H and O–H groups in total. The van der Waals surface area contributed by atoms with E-state index in [9.17, 15) is 4.79 Å². The number of alkyl halides is 1. The van der Waals surface area contributed by atoms with Gasteiger partial charge in [0.15, 0.2) is 5.78 Å². The van der Waals surface area contributed by atoms with Crippen LogP contribution in [0.4, 0.5) is 0 Å². The van der Waals surface area contributed by atoms with E-state index in [1.54, 1.807) is 7.11 Å². The number of ketones is 1. The number of hydrogen-bond acceptors (Lipinski definition) is 2. The predicted octanol–water partition coefficient (Wildman–Crippen LogP) is 3.66. The van der Waals surface area contributed by atoms with E-state index in [4.69, 9.17) is 4.74 Å². The number of hydrogen-bond donors (Lipinski definition) is 0. The maximum atomic E-state index is 12.7. The molecule has 1 fully saturated rings. The summed E-state index contributed by atoms with van der Waals surface area (Å²) in [6.45, 7) is 4.18. The van der Waals surface area contributed by atoms with Crippen LogP contribution in [0.3, 0.4) is 0 Å². The number of ether oxygens (including phenoxy) is 1. The average Bonchev–Trinajstić information content (AvgIpc) is 2.42. The number of allylic oxidation sites excluding steroid dienone is 3. The normalized spacial score (nSPS) is 39.4. The number of Topliss-reactive ketones (excluding diaryl/α,β-unsaturated/α-hetero) is 1. The first-order chi connectivity index (χ1) is 8.48. The van der Waals surface area contributed by atoms with E-state index in [2.05, 4.69) is 41.9 Å². The van der Waals surface area contributed by atoms with Crippen molar-refractivity contribution < 1.29 is 9.53 Å². The van der Waals surface area contributed by atoms with Gasteiger partial charge in [-0.1, -0.05) is 40.6 Å².